The second-order valence-electron chi connectivity index (χ2n) is 22.5. The number of aliphatic hydroxyl groups is 2. The number of esters is 1. The maximum atomic E-state index is 12.5. The third-order valence-corrected chi connectivity index (χ3v) is 15.4. The van der Waals surface area contributed by atoms with Crippen molar-refractivity contribution in [1.82, 2.24) is 5.32 Å². The molecule has 0 saturated carbocycles. The molecule has 6 heteroatoms. The predicted molar refractivity (Wildman–Crippen MR) is 306 cm³/mol. The third kappa shape index (κ3) is 56.2. The molecule has 1 amide bonds. The summed E-state index contributed by atoms with van der Waals surface area (Å²) in [6, 6.07) is -0.538. The van der Waals surface area contributed by atoms with Crippen molar-refractivity contribution in [3.05, 3.63) is 0 Å². The Bertz CT molecular complexity index is 1010. The zero-order valence-electron chi connectivity index (χ0n) is 47.8. The van der Waals surface area contributed by atoms with Crippen LogP contribution in [-0.2, 0) is 14.3 Å². The minimum absolute atomic E-state index is 0.0200. The summed E-state index contributed by atoms with van der Waals surface area (Å²) in [6.45, 7) is 4.99. The normalized spacial score (nSPS) is 12.5. The van der Waals surface area contributed by atoms with E-state index in [4.69, 9.17) is 4.74 Å². The summed E-state index contributed by atoms with van der Waals surface area (Å²) in [7, 11) is 0. The van der Waals surface area contributed by atoms with Gasteiger partial charge in [0, 0.05) is 12.8 Å². The van der Waals surface area contributed by atoms with E-state index < -0.39 is 12.1 Å². The third-order valence-electron chi connectivity index (χ3n) is 15.4. The molecule has 0 aliphatic rings. The number of nitrogens with one attached hydrogen (secondary N) is 1. The number of hydrogen-bond donors (Lipinski definition) is 3. The van der Waals surface area contributed by atoms with Crippen molar-refractivity contribution in [2.45, 2.75) is 386 Å². The Morgan fingerprint density at radius 1 is 0.343 bits per heavy atom. The van der Waals surface area contributed by atoms with Crippen LogP contribution in [0.25, 0.3) is 0 Å². The van der Waals surface area contributed by atoms with Crippen LogP contribution in [0.1, 0.15) is 373 Å². The van der Waals surface area contributed by atoms with Gasteiger partial charge in [0.15, 0.2) is 0 Å². The lowest BCUT2D eigenvalue weighted by Crippen LogP contribution is -2.45. The Morgan fingerprint density at radius 3 is 0.871 bits per heavy atom. The van der Waals surface area contributed by atoms with Crippen molar-refractivity contribution in [2.24, 2.45) is 0 Å². The molecule has 0 radical (unpaired) electrons. The number of unbranched alkanes of at least 4 members (excludes halogenated alkanes) is 50. The second-order valence-corrected chi connectivity index (χ2v) is 22.5. The fourth-order valence-corrected chi connectivity index (χ4v) is 10.5. The Kier molecular flexibility index (Phi) is 59.4. The van der Waals surface area contributed by atoms with Crippen molar-refractivity contribution < 1.29 is 24.5 Å². The minimum atomic E-state index is -0.661. The molecule has 0 saturated heterocycles. The van der Waals surface area contributed by atoms with Gasteiger partial charge in [-0.3, -0.25) is 9.59 Å². The smallest absolute Gasteiger partial charge is 0.305 e. The van der Waals surface area contributed by atoms with Crippen molar-refractivity contribution >= 4 is 11.9 Å². The van der Waals surface area contributed by atoms with Crippen molar-refractivity contribution in [3.8, 4) is 0 Å². The number of amides is 1. The molecular formula is C64H127NO5. The van der Waals surface area contributed by atoms with Crippen molar-refractivity contribution in [1.29, 1.82) is 0 Å². The number of rotatable bonds is 61. The van der Waals surface area contributed by atoms with Crippen LogP contribution >= 0.6 is 0 Å². The highest BCUT2D eigenvalue weighted by atomic mass is 16.5. The van der Waals surface area contributed by atoms with Crippen LogP contribution in [0.3, 0.4) is 0 Å². The average molecular weight is 991 g/mol. The van der Waals surface area contributed by atoms with Crippen LogP contribution in [0.4, 0.5) is 0 Å². The standard InChI is InChI=1S/C64H127NO5/c1-3-5-7-9-11-13-15-17-18-30-34-38-42-46-50-54-58-64(69)70-59-55-51-47-43-39-35-31-28-26-24-22-20-19-21-23-25-27-29-33-37-41-45-49-53-57-63(68)65-61(60-66)62(67)56-52-48-44-40-36-32-16-14-12-10-8-6-4-2/h61-62,66-67H,3-60H2,1-2H3,(H,65,68). The van der Waals surface area contributed by atoms with E-state index in [2.05, 4.69) is 19.2 Å². The monoisotopic (exact) mass is 990 g/mol. The molecule has 0 aromatic rings. The van der Waals surface area contributed by atoms with Crippen LogP contribution in [0.15, 0.2) is 0 Å². The van der Waals surface area contributed by atoms with Crippen LogP contribution < -0.4 is 5.32 Å². The zero-order chi connectivity index (χ0) is 50.7. The largest absolute Gasteiger partial charge is 0.466 e. The molecule has 0 spiro atoms. The van der Waals surface area contributed by atoms with Gasteiger partial charge in [-0.25, -0.2) is 0 Å². The molecule has 0 heterocycles. The highest BCUT2D eigenvalue weighted by molar-refractivity contribution is 5.76. The summed E-state index contributed by atoms with van der Waals surface area (Å²) in [4.78, 5) is 24.6. The summed E-state index contributed by atoms with van der Waals surface area (Å²) in [5, 5.41) is 23.3. The number of carbonyl (C=O) groups excluding carboxylic acids is 2. The Labute approximate surface area is 438 Å². The molecule has 0 aliphatic carbocycles. The number of hydrogen-bond acceptors (Lipinski definition) is 5. The molecule has 0 aromatic carbocycles. The fourth-order valence-electron chi connectivity index (χ4n) is 10.5. The number of ether oxygens (including phenoxy) is 1. The molecule has 0 fully saturated rings. The van der Waals surface area contributed by atoms with Gasteiger partial charge in [-0.2, -0.15) is 0 Å². The SMILES string of the molecule is CCCCCCCCCCCCCCCCCCC(=O)OCCCCCCCCCCCCCCCCCCCCCCCCCCC(=O)NC(CO)C(O)CCCCCCCCCCCCCCC. The molecule has 2 unspecified atom stereocenters. The van der Waals surface area contributed by atoms with E-state index in [9.17, 15) is 19.8 Å². The Hall–Kier alpha value is -1.14. The number of carbonyl (C=O) groups is 2. The second kappa shape index (κ2) is 60.4. The van der Waals surface area contributed by atoms with E-state index in [1.165, 1.54) is 302 Å². The maximum absolute atomic E-state index is 12.5. The van der Waals surface area contributed by atoms with Gasteiger partial charge in [0.25, 0.3) is 0 Å². The topological polar surface area (TPSA) is 95.9 Å². The molecule has 0 aromatic heterocycles. The van der Waals surface area contributed by atoms with E-state index in [0.717, 1.165) is 38.5 Å². The van der Waals surface area contributed by atoms with Gasteiger partial charge < -0.3 is 20.3 Å². The van der Waals surface area contributed by atoms with Gasteiger partial charge >= 0.3 is 5.97 Å². The average Bonchev–Trinajstić information content (AvgIpc) is 3.36. The maximum Gasteiger partial charge on any atom is 0.305 e. The van der Waals surface area contributed by atoms with Crippen LogP contribution in [-0.4, -0.2) is 47.4 Å². The summed E-state index contributed by atoms with van der Waals surface area (Å²) < 4.78 is 5.50. The number of aliphatic hydroxyl groups excluding tert-OH is 2. The van der Waals surface area contributed by atoms with Crippen LogP contribution in [0.2, 0.25) is 0 Å². The van der Waals surface area contributed by atoms with E-state index in [1.54, 1.807) is 0 Å². The molecule has 418 valence electrons. The van der Waals surface area contributed by atoms with Gasteiger partial charge in [-0.05, 0) is 25.7 Å². The molecule has 0 rings (SSSR count). The van der Waals surface area contributed by atoms with Crippen LogP contribution in [0, 0.1) is 0 Å². The quantitative estimate of drug-likeness (QED) is 0.0417. The minimum Gasteiger partial charge on any atom is -0.466 e. The Balaban J connectivity index is 3.33. The molecular weight excluding hydrogens is 863 g/mol. The van der Waals surface area contributed by atoms with Gasteiger partial charge in [-0.1, -0.05) is 335 Å². The summed E-state index contributed by atoms with van der Waals surface area (Å²) in [6.07, 6.45) is 71.3. The first-order valence-corrected chi connectivity index (χ1v) is 32.3. The molecule has 0 bridgehead atoms. The molecule has 6 nitrogen and oxygen atoms in total. The summed E-state index contributed by atoms with van der Waals surface area (Å²) in [5.74, 6) is -0.0114. The van der Waals surface area contributed by atoms with Gasteiger partial charge in [0.1, 0.15) is 0 Å². The lowest BCUT2D eigenvalue weighted by atomic mass is 10.0. The van der Waals surface area contributed by atoms with Gasteiger partial charge in [-0.15, -0.1) is 0 Å². The van der Waals surface area contributed by atoms with E-state index in [0.29, 0.717) is 25.9 Å². The Morgan fingerprint density at radius 2 is 0.586 bits per heavy atom. The molecule has 0 aliphatic heterocycles. The zero-order valence-corrected chi connectivity index (χ0v) is 47.8. The van der Waals surface area contributed by atoms with Crippen molar-refractivity contribution in [3.63, 3.8) is 0 Å². The lowest BCUT2D eigenvalue weighted by Gasteiger charge is -2.22. The molecule has 3 N–H and O–H groups in total. The summed E-state index contributed by atoms with van der Waals surface area (Å²) in [5.41, 5.74) is 0. The lowest BCUT2D eigenvalue weighted by molar-refractivity contribution is -0.143. The van der Waals surface area contributed by atoms with E-state index in [-0.39, 0.29) is 18.5 Å². The highest BCUT2D eigenvalue weighted by Crippen LogP contribution is 2.19. The van der Waals surface area contributed by atoms with Crippen molar-refractivity contribution in [2.75, 3.05) is 13.2 Å². The van der Waals surface area contributed by atoms with Gasteiger partial charge in [0.05, 0.1) is 25.4 Å². The first-order valence-electron chi connectivity index (χ1n) is 32.3. The van der Waals surface area contributed by atoms with Gasteiger partial charge in [0.2, 0.25) is 5.91 Å². The van der Waals surface area contributed by atoms with E-state index in [1.807, 2.05) is 0 Å². The molecule has 70 heavy (non-hydrogen) atoms. The first kappa shape index (κ1) is 68.9. The fraction of sp³-hybridized carbons (Fsp3) is 0.969. The predicted octanol–water partition coefficient (Wildman–Crippen LogP) is 20.3. The van der Waals surface area contributed by atoms with E-state index >= 15 is 0 Å². The van der Waals surface area contributed by atoms with Crippen LogP contribution in [0.5, 0.6) is 0 Å². The molecule has 2 atom stereocenters. The summed E-state index contributed by atoms with van der Waals surface area (Å²) >= 11 is 0. The highest BCUT2D eigenvalue weighted by Gasteiger charge is 2.20. The first-order chi connectivity index (χ1) is 34.5.